The quantitative estimate of drug-likeness (QED) is 0.833. The zero-order valence-corrected chi connectivity index (χ0v) is 15.3. The fourth-order valence-electron chi connectivity index (χ4n) is 3.31. The molecular formula is C17H24N4O2S. The SMILES string of the molecule is CC(C)n1c([C@H]2OCC[C@H]2C)nn(Cc2csc(C3CC3)n2)c1=O. The standard InChI is InChI=1S/C17H24N4O2S/c1-10(2)21-15(14-11(3)6-7-23-14)19-20(17(21)22)8-13-9-24-16(18-13)12-4-5-12/h9-12,14H,4-8H2,1-3H3/t11-,14+/m1/s1. The third-order valence-electron chi connectivity index (χ3n) is 4.86. The minimum Gasteiger partial charge on any atom is -0.370 e. The van der Waals surface area contributed by atoms with Gasteiger partial charge in [0.2, 0.25) is 0 Å². The molecule has 0 radical (unpaired) electrons. The van der Waals surface area contributed by atoms with E-state index in [2.05, 4.69) is 22.4 Å². The molecule has 4 rings (SSSR count). The van der Waals surface area contributed by atoms with Crippen LogP contribution in [0.15, 0.2) is 10.2 Å². The normalized spacial score (nSPS) is 24.2. The maximum atomic E-state index is 12.8. The van der Waals surface area contributed by atoms with Gasteiger partial charge < -0.3 is 4.74 Å². The molecule has 0 bridgehead atoms. The van der Waals surface area contributed by atoms with Gasteiger partial charge in [0, 0.05) is 23.9 Å². The van der Waals surface area contributed by atoms with Crippen LogP contribution in [0, 0.1) is 5.92 Å². The van der Waals surface area contributed by atoms with E-state index in [1.165, 1.54) is 17.8 Å². The summed E-state index contributed by atoms with van der Waals surface area (Å²) in [6.45, 7) is 7.38. The van der Waals surface area contributed by atoms with Gasteiger partial charge in [0.25, 0.3) is 0 Å². The van der Waals surface area contributed by atoms with Crippen molar-refractivity contribution in [3.63, 3.8) is 0 Å². The van der Waals surface area contributed by atoms with E-state index < -0.39 is 0 Å². The maximum absolute atomic E-state index is 12.8. The van der Waals surface area contributed by atoms with Crippen molar-refractivity contribution in [1.29, 1.82) is 0 Å². The van der Waals surface area contributed by atoms with Crippen LogP contribution in [-0.2, 0) is 11.3 Å². The Hall–Kier alpha value is -1.47. The zero-order valence-electron chi connectivity index (χ0n) is 14.4. The monoisotopic (exact) mass is 348 g/mol. The van der Waals surface area contributed by atoms with Gasteiger partial charge in [-0.3, -0.25) is 4.57 Å². The smallest absolute Gasteiger partial charge is 0.346 e. The van der Waals surface area contributed by atoms with Crippen LogP contribution >= 0.6 is 11.3 Å². The fourth-order valence-corrected chi connectivity index (χ4v) is 4.29. The Kier molecular flexibility index (Phi) is 4.08. The van der Waals surface area contributed by atoms with Crippen molar-refractivity contribution < 1.29 is 4.74 Å². The van der Waals surface area contributed by atoms with Crippen molar-refractivity contribution in [3.8, 4) is 0 Å². The van der Waals surface area contributed by atoms with Crippen molar-refractivity contribution >= 4 is 11.3 Å². The molecule has 1 aliphatic heterocycles. The Morgan fingerprint density at radius 2 is 2.17 bits per heavy atom. The molecule has 2 aromatic heterocycles. The van der Waals surface area contributed by atoms with Crippen molar-refractivity contribution in [3.05, 3.63) is 32.4 Å². The Morgan fingerprint density at radius 3 is 2.79 bits per heavy atom. The molecule has 130 valence electrons. The van der Waals surface area contributed by atoms with E-state index in [0.717, 1.165) is 24.5 Å². The number of aromatic nitrogens is 4. The minimum atomic E-state index is -0.0844. The lowest BCUT2D eigenvalue weighted by atomic mass is 10.0. The van der Waals surface area contributed by atoms with E-state index in [0.29, 0.717) is 18.4 Å². The first-order valence-corrected chi connectivity index (χ1v) is 9.67. The molecule has 24 heavy (non-hydrogen) atoms. The number of hydrogen-bond acceptors (Lipinski definition) is 5. The van der Waals surface area contributed by atoms with Gasteiger partial charge in [0.1, 0.15) is 6.10 Å². The lowest BCUT2D eigenvalue weighted by molar-refractivity contribution is 0.0825. The third kappa shape index (κ3) is 2.84. The van der Waals surface area contributed by atoms with Gasteiger partial charge >= 0.3 is 5.69 Å². The second kappa shape index (κ2) is 6.11. The first-order chi connectivity index (χ1) is 11.5. The van der Waals surface area contributed by atoms with Crippen LogP contribution in [0.5, 0.6) is 0 Å². The van der Waals surface area contributed by atoms with Crippen LogP contribution in [0.3, 0.4) is 0 Å². The molecule has 3 heterocycles. The highest BCUT2D eigenvalue weighted by Gasteiger charge is 2.33. The second-order valence-electron chi connectivity index (χ2n) is 7.27. The highest BCUT2D eigenvalue weighted by Crippen LogP contribution is 2.41. The molecule has 2 aliphatic rings. The van der Waals surface area contributed by atoms with Crippen LogP contribution in [0.1, 0.15) is 74.6 Å². The van der Waals surface area contributed by atoms with E-state index in [1.54, 1.807) is 20.6 Å². The van der Waals surface area contributed by atoms with Crippen LogP contribution in [0.25, 0.3) is 0 Å². The molecule has 1 saturated carbocycles. The van der Waals surface area contributed by atoms with E-state index in [-0.39, 0.29) is 17.8 Å². The highest BCUT2D eigenvalue weighted by molar-refractivity contribution is 7.09. The molecule has 1 saturated heterocycles. The summed E-state index contributed by atoms with van der Waals surface area (Å²) in [6.07, 6.45) is 3.42. The summed E-state index contributed by atoms with van der Waals surface area (Å²) in [5, 5.41) is 7.90. The van der Waals surface area contributed by atoms with Gasteiger partial charge in [-0.2, -0.15) is 5.10 Å². The van der Waals surface area contributed by atoms with Gasteiger partial charge in [-0.25, -0.2) is 14.5 Å². The molecule has 2 atom stereocenters. The molecule has 1 aliphatic carbocycles. The molecule has 0 spiro atoms. The summed E-state index contributed by atoms with van der Waals surface area (Å²) in [4.78, 5) is 17.5. The van der Waals surface area contributed by atoms with E-state index in [4.69, 9.17) is 4.74 Å². The summed E-state index contributed by atoms with van der Waals surface area (Å²) in [5.74, 6) is 1.80. The maximum Gasteiger partial charge on any atom is 0.346 e. The van der Waals surface area contributed by atoms with Crippen LogP contribution in [0.4, 0.5) is 0 Å². The first-order valence-electron chi connectivity index (χ1n) is 8.79. The van der Waals surface area contributed by atoms with Gasteiger partial charge in [-0.15, -0.1) is 11.3 Å². The predicted molar refractivity (Wildman–Crippen MR) is 92.5 cm³/mol. The Labute approximate surface area is 145 Å². The Balaban J connectivity index is 1.66. The topological polar surface area (TPSA) is 61.9 Å². The molecule has 2 fully saturated rings. The zero-order chi connectivity index (χ0) is 16.8. The summed E-state index contributed by atoms with van der Waals surface area (Å²) < 4.78 is 9.18. The van der Waals surface area contributed by atoms with Gasteiger partial charge in [-0.1, -0.05) is 6.92 Å². The van der Waals surface area contributed by atoms with Crippen molar-refractivity contribution in [2.45, 2.75) is 64.6 Å². The predicted octanol–water partition coefficient (Wildman–Crippen LogP) is 3.11. The third-order valence-corrected chi connectivity index (χ3v) is 5.92. The van der Waals surface area contributed by atoms with E-state index in [9.17, 15) is 4.79 Å². The van der Waals surface area contributed by atoms with Gasteiger partial charge in [0.15, 0.2) is 5.82 Å². The van der Waals surface area contributed by atoms with Crippen molar-refractivity contribution in [1.82, 2.24) is 19.3 Å². The van der Waals surface area contributed by atoms with Crippen LogP contribution < -0.4 is 5.69 Å². The Bertz CT molecular complexity index is 787. The average Bonchev–Trinajstić information content (AvgIpc) is 2.98. The number of hydrogen-bond donors (Lipinski definition) is 0. The van der Waals surface area contributed by atoms with Crippen molar-refractivity contribution in [2.75, 3.05) is 6.61 Å². The van der Waals surface area contributed by atoms with Crippen molar-refractivity contribution in [2.24, 2.45) is 5.92 Å². The molecule has 6 nitrogen and oxygen atoms in total. The first kappa shape index (κ1) is 16.0. The molecule has 0 amide bonds. The molecule has 0 unspecified atom stereocenters. The van der Waals surface area contributed by atoms with E-state index in [1.807, 2.05) is 13.8 Å². The Morgan fingerprint density at radius 1 is 1.38 bits per heavy atom. The van der Waals surface area contributed by atoms with Gasteiger partial charge in [0.05, 0.1) is 17.2 Å². The summed E-state index contributed by atoms with van der Waals surface area (Å²) in [6, 6.07) is 0.0649. The molecular weight excluding hydrogens is 324 g/mol. The largest absolute Gasteiger partial charge is 0.370 e. The molecule has 0 aromatic carbocycles. The minimum absolute atomic E-state index is 0.0649. The van der Waals surface area contributed by atoms with Gasteiger partial charge in [-0.05, 0) is 39.0 Å². The highest BCUT2D eigenvalue weighted by atomic mass is 32.1. The van der Waals surface area contributed by atoms with Crippen LogP contribution in [-0.4, -0.2) is 25.9 Å². The number of ether oxygens (including phenoxy) is 1. The lowest BCUT2D eigenvalue weighted by Crippen LogP contribution is -2.28. The average molecular weight is 348 g/mol. The fraction of sp³-hybridized carbons (Fsp3) is 0.706. The molecule has 7 heteroatoms. The summed E-state index contributed by atoms with van der Waals surface area (Å²) in [5.41, 5.74) is 0.869. The second-order valence-corrected chi connectivity index (χ2v) is 8.16. The molecule has 2 aromatic rings. The summed E-state index contributed by atoms with van der Waals surface area (Å²) >= 11 is 1.70. The number of nitrogens with zero attached hydrogens (tertiary/aromatic N) is 4. The molecule has 0 N–H and O–H groups in total. The number of thiazole rings is 1. The lowest BCUT2D eigenvalue weighted by Gasteiger charge is -2.16. The van der Waals surface area contributed by atoms with E-state index >= 15 is 0 Å². The van der Waals surface area contributed by atoms with Crippen LogP contribution in [0.2, 0.25) is 0 Å². The number of rotatable bonds is 5. The summed E-state index contributed by atoms with van der Waals surface area (Å²) in [7, 11) is 0.